The smallest absolute Gasteiger partial charge is 0.159 e. The van der Waals surface area contributed by atoms with Gasteiger partial charge >= 0.3 is 0 Å². The molecule has 2 rings (SSSR count). The van der Waals surface area contributed by atoms with Crippen molar-refractivity contribution in [3.63, 3.8) is 0 Å². The van der Waals surface area contributed by atoms with Crippen molar-refractivity contribution in [2.45, 2.75) is 20.8 Å². The first-order valence-corrected chi connectivity index (χ1v) is 4.51. The molecule has 2 aromatic rings. The number of nitrogens with zero attached hydrogens (tertiary/aromatic N) is 3. The molecule has 13 heavy (non-hydrogen) atoms. The Morgan fingerprint density at radius 2 is 1.92 bits per heavy atom. The van der Waals surface area contributed by atoms with Gasteiger partial charge in [-0.2, -0.15) is 0 Å². The number of fused-ring (bicyclic) bond motifs is 1. The van der Waals surface area contributed by atoms with Crippen molar-refractivity contribution in [2.75, 3.05) is 0 Å². The normalized spacial score (nSPS) is 9.54. The van der Waals surface area contributed by atoms with Crippen LogP contribution in [0.3, 0.4) is 0 Å². The summed E-state index contributed by atoms with van der Waals surface area (Å²) in [6.45, 7) is 6.02. The van der Waals surface area contributed by atoms with Gasteiger partial charge in [0.05, 0.1) is 6.33 Å². The third-order valence-corrected chi connectivity index (χ3v) is 1.69. The van der Waals surface area contributed by atoms with Crippen LogP contribution in [-0.4, -0.2) is 14.5 Å². The van der Waals surface area contributed by atoms with Crippen molar-refractivity contribution < 1.29 is 0 Å². The molecule has 3 heteroatoms. The van der Waals surface area contributed by atoms with Gasteiger partial charge in [-0.1, -0.05) is 13.8 Å². The molecule has 0 saturated heterocycles. The lowest BCUT2D eigenvalue weighted by Gasteiger charge is -1.92. The van der Waals surface area contributed by atoms with E-state index in [1.807, 2.05) is 44.6 Å². The van der Waals surface area contributed by atoms with Gasteiger partial charge < -0.3 is 4.57 Å². The van der Waals surface area contributed by atoms with Gasteiger partial charge in [0, 0.05) is 13.2 Å². The molecular formula is C10H15N3. The fourth-order valence-corrected chi connectivity index (χ4v) is 1.12. The summed E-state index contributed by atoms with van der Waals surface area (Å²) in [6, 6.07) is 2.03. The lowest BCUT2D eigenvalue weighted by Crippen LogP contribution is -1.87. The predicted octanol–water partition coefficient (Wildman–Crippen LogP) is 2.30. The summed E-state index contributed by atoms with van der Waals surface area (Å²) in [6.07, 6.45) is 3.63. The van der Waals surface area contributed by atoms with E-state index in [0.717, 1.165) is 16.7 Å². The molecule has 3 nitrogen and oxygen atoms in total. The highest BCUT2D eigenvalue weighted by atomic mass is 15.1. The fourth-order valence-electron chi connectivity index (χ4n) is 1.12. The van der Waals surface area contributed by atoms with Gasteiger partial charge in [-0.3, -0.25) is 0 Å². The summed E-state index contributed by atoms with van der Waals surface area (Å²) in [5.41, 5.74) is 3.05. The van der Waals surface area contributed by atoms with E-state index in [2.05, 4.69) is 9.97 Å². The summed E-state index contributed by atoms with van der Waals surface area (Å²) >= 11 is 0. The molecule has 0 aliphatic rings. The molecule has 0 N–H and O–H groups in total. The maximum Gasteiger partial charge on any atom is 0.159 e. The van der Waals surface area contributed by atoms with Crippen molar-refractivity contribution in [1.29, 1.82) is 0 Å². The first-order valence-electron chi connectivity index (χ1n) is 4.51. The zero-order chi connectivity index (χ0) is 9.84. The first kappa shape index (κ1) is 9.71. The van der Waals surface area contributed by atoms with Gasteiger partial charge in [0.15, 0.2) is 5.65 Å². The molecule has 0 aliphatic heterocycles. The SMILES string of the molecule is CC.Cc1cnc2c(c1)ncn2C. The van der Waals surface area contributed by atoms with Crippen molar-refractivity contribution in [3.05, 3.63) is 24.2 Å². The number of pyridine rings is 1. The molecule has 2 heterocycles. The van der Waals surface area contributed by atoms with Crippen LogP contribution in [0.1, 0.15) is 19.4 Å². The number of aryl methyl sites for hydroxylation is 2. The van der Waals surface area contributed by atoms with Crippen LogP contribution < -0.4 is 0 Å². The van der Waals surface area contributed by atoms with E-state index in [9.17, 15) is 0 Å². The Labute approximate surface area is 78.4 Å². The lowest BCUT2D eigenvalue weighted by atomic mass is 10.3. The molecule has 0 bridgehead atoms. The molecule has 0 radical (unpaired) electrons. The third kappa shape index (κ3) is 1.86. The molecule has 0 saturated carbocycles. The first-order chi connectivity index (χ1) is 6.27. The van der Waals surface area contributed by atoms with E-state index >= 15 is 0 Å². The lowest BCUT2D eigenvalue weighted by molar-refractivity contribution is 0.930. The second-order valence-electron chi connectivity index (χ2n) is 2.71. The number of rotatable bonds is 0. The van der Waals surface area contributed by atoms with Crippen LogP contribution in [0.15, 0.2) is 18.6 Å². The Morgan fingerprint density at radius 1 is 1.23 bits per heavy atom. The average molecular weight is 177 g/mol. The molecule has 0 aliphatic carbocycles. The molecule has 0 unspecified atom stereocenters. The molecular weight excluding hydrogens is 162 g/mol. The molecule has 2 aromatic heterocycles. The molecule has 0 atom stereocenters. The van der Waals surface area contributed by atoms with Crippen molar-refractivity contribution in [1.82, 2.24) is 14.5 Å². The highest BCUT2D eigenvalue weighted by molar-refractivity contribution is 5.70. The van der Waals surface area contributed by atoms with Crippen LogP contribution in [0.25, 0.3) is 11.2 Å². The Morgan fingerprint density at radius 3 is 2.62 bits per heavy atom. The van der Waals surface area contributed by atoms with Crippen LogP contribution in [-0.2, 0) is 7.05 Å². The maximum atomic E-state index is 4.24. The molecule has 0 spiro atoms. The molecule has 70 valence electrons. The van der Waals surface area contributed by atoms with Gasteiger partial charge in [-0.15, -0.1) is 0 Å². The van der Waals surface area contributed by atoms with Gasteiger partial charge in [-0.25, -0.2) is 9.97 Å². The topological polar surface area (TPSA) is 30.7 Å². The zero-order valence-corrected chi connectivity index (χ0v) is 8.57. The summed E-state index contributed by atoms with van der Waals surface area (Å²) in [5, 5.41) is 0. The van der Waals surface area contributed by atoms with Gasteiger partial charge in [0.1, 0.15) is 5.52 Å². The second kappa shape index (κ2) is 4.03. The van der Waals surface area contributed by atoms with Crippen LogP contribution >= 0.6 is 0 Å². The van der Waals surface area contributed by atoms with Crippen LogP contribution in [0, 0.1) is 6.92 Å². The van der Waals surface area contributed by atoms with Crippen molar-refractivity contribution in [3.8, 4) is 0 Å². The van der Waals surface area contributed by atoms with Crippen molar-refractivity contribution >= 4 is 11.2 Å². The van der Waals surface area contributed by atoms with E-state index in [0.29, 0.717) is 0 Å². The van der Waals surface area contributed by atoms with Gasteiger partial charge in [0.2, 0.25) is 0 Å². The Bertz CT molecular complexity index is 390. The van der Waals surface area contributed by atoms with E-state index in [-0.39, 0.29) is 0 Å². The number of aromatic nitrogens is 3. The van der Waals surface area contributed by atoms with E-state index in [1.54, 1.807) is 6.33 Å². The monoisotopic (exact) mass is 177 g/mol. The highest BCUT2D eigenvalue weighted by Crippen LogP contribution is 2.08. The largest absolute Gasteiger partial charge is 0.318 e. The Hall–Kier alpha value is -1.38. The standard InChI is InChI=1S/C8H9N3.C2H6/c1-6-3-7-8(9-4-6)11(2)5-10-7;1-2/h3-5H,1-2H3;1-2H3. The number of hydrogen-bond donors (Lipinski definition) is 0. The summed E-state index contributed by atoms with van der Waals surface area (Å²) in [7, 11) is 1.94. The second-order valence-corrected chi connectivity index (χ2v) is 2.71. The fraction of sp³-hybridized carbons (Fsp3) is 0.400. The van der Waals surface area contributed by atoms with Crippen molar-refractivity contribution in [2.24, 2.45) is 7.05 Å². The minimum atomic E-state index is 0.940. The van der Waals surface area contributed by atoms with E-state index < -0.39 is 0 Å². The van der Waals surface area contributed by atoms with Crippen LogP contribution in [0.2, 0.25) is 0 Å². The van der Waals surface area contributed by atoms with Gasteiger partial charge in [-0.05, 0) is 18.6 Å². The minimum absolute atomic E-state index is 0.940. The Balaban J connectivity index is 0.000000396. The summed E-state index contributed by atoms with van der Waals surface area (Å²) in [4.78, 5) is 8.42. The highest BCUT2D eigenvalue weighted by Gasteiger charge is 1.98. The molecule has 0 amide bonds. The van der Waals surface area contributed by atoms with Crippen LogP contribution in [0.5, 0.6) is 0 Å². The van der Waals surface area contributed by atoms with Gasteiger partial charge in [0.25, 0.3) is 0 Å². The summed E-state index contributed by atoms with van der Waals surface area (Å²) < 4.78 is 1.91. The molecule has 0 fully saturated rings. The molecule has 0 aromatic carbocycles. The zero-order valence-electron chi connectivity index (χ0n) is 8.57. The third-order valence-electron chi connectivity index (χ3n) is 1.69. The van der Waals surface area contributed by atoms with E-state index in [1.165, 1.54) is 0 Å². The number of hydrogen-bond acceptors (Lipinski definition) is 2. The maximum absolute atomic E-state index is 4.24. The number of imidazole rings is 1. The minimum Gasteiger partial charge on any atom is -0.318 e. The Kier molecular flexibility index (Phi) is 3.01. The average Bonchev–Trinajstić information content (AvgIpc) is 2.51. The quantitative estimate of drug-likeness (QED) is 0.618. The summed E-state index contributed by atoms with van der Waals surface area (Å²) in [5.74, 6) is 0. The van der Waals surface area contributed by atoms with Crippen LogP contribution in [0.4, 0.5) is 0 Å². The van der Waals surface area contributed by atoms with E-state index in [4.69, 9.17) is 0 Å². The predicted molar refractivity (Wildman–Crippen MR) is 54.6 cm³/mol.